The number of hydrogen-bond acceptors (Lipinski definition) is 1. The van der Waals surface area contributed by atoms with E-state index in [1.807, 2.05) is 0 Å². The van der Waals surface area contributed by atoms with E-state index in [1.54, 1.807) is 0 Å². The molecule has 0 bridgehead atoms. The van der Waals surface area contributed by atoms with Crippen LogP contribution in [-0.4, -0.2) is 6.71 Å². The van der Waals surface area contributed by atoms with E-state index in [9.17, 15) is 0 Å². The Balaban J connectivity index is 1.41. The molecule has 1 heterocycles. The van der Waals surface area contributed by atoms with Gasteiger partial charge in [0.25, 0.3) is 0 Å². The van der Waals surface area contributed by atoms with Gasteiger partial charge in [-0.1, -0.05) is 150 Å². The van der Waals surface area contributed by atoms with Crippen molar-refractivity contribution in [2.45, 2.75) is 162 Å². The highest BCUT2D eigenvalue weighted by Gasteiger charge is 2.46. The lowest BCUT2D eigenvalue weighted by Crippen LogP contribution is -2.53. The van der Waals surface area contributed by atoms with Crippen LogP contribution in [0.15, 0.2) is 83.9 Å². The van der Waals surface area contributed by atoms with Gasteiger partial charge in [0.1, 0.15) is 0 Å². The van der Waals surface area contributed by atoms with Crippen LogP contribution >= 0.6 is 0 Å². The Morgan fingerprint density at radius 1 is 0.600 bits per heavy atom. The molecule has 2 heteroatoms. The quantitative estimate of drug-likeness (QED) is 0.190. The van der Waals surface area contributed by atoms with Crippen LogP contribution in [0.2, 0.25) is 0 Å². The maximum absolute atomic E-state index is 2.67. The smallest absolute Gasteiger partial charge is 0.246 e. The Bertz CT molecular complexity index is 2310. The summed E-state index contributed by atoms with van der Waals surface area (Å²) in [5.41, 5.74) is 21.7. The van der Waals surface area contributed by atoms with Gasteiger partial charge >= 0.3 is 0 Å². The van der Waals surface area contributed by atoms with Crippen molar-refractivity contribution in [3.8, 4) is 0 Å². The van der Waals surface area contributed by atoms with E-state index in [4.69, 9.17) is 0 Å². The van der Waals surface area contributed by atoms with Crippen LogP contribution in [0.3, 0.4) is 0 Å². The zero-order chi connectivity index (χ0) is 39.8. The largest absolute Gasteiger partial charge is 0.311 e. The summed E-state index contributed by atoms with van der Waals surface area (Å²) in [6, 6.07) is 27.3. The number of rotatable bonds is 3. The van der Waals surface area contributed by atoms with Crippen LogP contribution in [0.4, 0.5) is 17.1 Å². The number of allylic oxidation sites excluding steroid dienone is 3. The van der Waals surface area contributed by atoms with Crippen LogP contribution in [0.1, 0.15) is 167 Å². The van der Waals surface area contributed by atoms with Crippen LogP contribution in [-0.2, 0) is 32.5 Å². The summed E-state index contributed by atoms with van der Waals surface area (Å²) < 4.78 is 0. The number of nitrogens with zero attached hydrogens (tertiary/aromatic N) is 1. The third-order valence-corrected chi connectivity index (χ3v) is 14.9. The molecule has 0 saturated carbocycles. The highest BCUT2D eigenvalue weighted by Crippen LogP contribution is 2.53. The topological polar surface area (TPSA) is 3.24 Å². The zero-order valence-corrected chi connectivity index (χ0v) is 36.9. The summed E-state index contributed by atoms with van der Waals surface area (Å²) in [6.45, 7) is 36.3. The first-order valence-corrected chi connectivity index (χ1v) is 21.3. The van der Waals surface area contributed by atoms with Crippen molar-refractivity contribution in [3.63, 3.8) is 0 Å². The lowest BCUT2D eigenvalue weighted by molar-refractivity contribution is 0.332. The molecule has 4 aliphatic rings. The normalized spacial score (nSPS) is 21.2. The third kappa shape index (κ3) is 5.86. The first-order valence-electron chi connectivity index (χ1n) is 21.3. The summed E-state index contributed by atoms with van der Waals surface area (Å²) in [6.07, 6.45) is 9.82. The number of anilines is 3. The van der Waals surface area contributed by atoms with Crippen molar-refractivity contribution in [1.82, 2.24) is 0 Å². The predicted molar refractivity (Wildman–Crippen MR) is 241 cm³/mol. The summed E-state index contributed by atoms with van der Waals surface area (Å²) in [5, 5.41) is 0. The molecule has 55 heavy (non-hydrogen) atoms. The van der Waals surface area contributed by atoms with Crippen molar-refractivity contribution >= 4 is 40.8 Å². The van der Waals surface area contributed by atoms with E-state index in [1.165, 1.54) is 109 Å². The Hall–Kier alpha value is -3.78. The average molecular weight is 728 g/mol. The molecule has 286 valence electrons. The van der Waals surface area contributed by atoms with E-state index < -0.39 is 0 Å². The molecule has 8 rings (SSSR count). The fourth-order valence-electron chi connectivity index (χ4n) is 10.9. The molecule has 0 fully saturated rings. The van der Waals surface area contributed by atoms with Gasteiger partial charge < -0.3 is 4.90 Å². The first kappa shape index (κ1) is 38.1. The molecule has 0 radical (unpaired) electrons. The summed E-state index contributed by atoms with van der Waals surface area (Å²) >= 11 is 0. The summed E-state index contributed by atoms with van der Waals surface area (Å²) in [7, 11) is 0. The monoisotopic (exact) mass is 728 g/mol. The molecular weight excluding hydrogens is 661 g/mol. The SMILES string of the molecule is C/C=C(/B1c2ccc(C)cc2N(c2ccc3c(c2)C(C)(C)CCC3(C)C)c2cc3c(cc21)C(C)(C)CCC3(C)C)C1=Cc2cc(C(C)(C)C)ccc2C1(C)C. The molecular formula is C53H66BN. The van der Waals surface area contributed by atoms with Crippen molar-refractivity contribution in [1.29, 1.82) is 0 Å². The highest BCUT2D eigenvalue weighted by atomic mass is 15.2. The average Bonchev–Trinajstić information content (AvgIpc) is 3.37. The molecule has 1 aliphatic heterocycles. The molecule has 0 saturated heterocycles. The molecule has 4 aromatic carbocycles. The van der Waals surface area contributed by atoms with Gasteiger partial charge in [-0.05, 0) is 152 Å². The molecule has 0 N–H and O–H groups in total. The third-order valence-electron chi connectivity index (χ3n) is 14.9. The summed E-state index contributed by atoms with van der Waals surface area (Å²) in [5.74, 6) is 0. The van der Waals surface area contributed by atoms with Gasteiger partial charge in [-0.2, -0.15) is 0 Å². The van der Waals surface area contributed by atoms with E-state index in [0.29, 0.717) is 0 Å². The van der Waals surface area contributed by atoms with E-state index in [2.05, 4.69) is 188 Å². The Morgan fingerprint density at radius 3 is 1.75 bits per heavy atom. The fourth-order valence-corrected chi connectivity index (χ4v) is 10.9. The first-order chi connectivity index (χ1) is 25.5. The molecule has 3 aliphatic carbocycles. The molecule has 0 aromatic heterocycles. The molecule has 4 aromatic rings. The molecule has 0 atom stereocenters. The number of benzene rings is 4. The summed E-state index contributed by atoms with van der Waals surface area (Å²) in [4.78, 5) is 2.66. The zero-order valence-electron chi connectivity index (χ0n) is 36.9. The van der Waals surface area contributed by atoms with Gasteiger partial charge in [0.15, 0.2) is 0 Å². The van der Waals surface area contributed by atoms with Gasteiger partial charge in [0.2, 0.25) is 6.71 Å². The Kier molecular flexibility index (Phi) is 8.40. The van der Waals surface area contributed by atoms with E-state index in [-0.39, 0.29) is 39.2 Å². The van der Waals surface area contributed by atoms with Gasteiger partial charge in [-0.3, -0.25) is 0 Å². The van der Waals surface area contributed by atoms with Crippen LogP contribution in [0.5, 0.6) is 0 Å². The van der Waals surface area contributed by atoms with Gasteiger partial charge in [-0.25, -0.2) is 0 Å². The number of hydrogen-bond donors (Lipinski definition) is 0. The van der Waals surface area contributed by atoms with Crippen molar-refractivity contribution in [3.05, 3.63) is 128 Å². The second kappa shape index (κ2) is 12.1. The molecule has 1 nitrogen and oxygen atoms in total. The minimum Gasteiger partial charge on any atom is -0.311 e. The Labute approximate surface area is 334 Å². The maximum Gasteiger partial charge on any atom is 0.246 e. The van der Waals surface area contributed by atoms with Crippen molar-refractivity contribution < 1.29 is 0 Å². The lowest BCUT2D eigenvalue weighted by Gasteiger charge is -2.46. The second-order valence-electron chi connectivity index (χ2n) is 22.0. The maximum atomic E-state index is 2.67. The minimum atomic E-state index is -0.123. The van der Waals surface area contributed by atoms with Crippen molar-refractivity contribution in [2.75, 3.05) is 4.90 Å². The number of fused-ring (bicyclic) bond motifs is 5. The van der Waals surface area contributed by atoms with Gasteiger partial charge in [-0.15, -0.1) is 0 Å². The molecule has 0 spiro atoms. The van der Waals surface area contributed by atoms with Gasteiger partial charge in [0, 0.05) is 22.5 Å². The standard InChI is InChI=1S/C53H66BN/c1-16-43(42-29-34-28-35(48(3,4)5)18-20-37(34)53(42,14)15)54-44-22-17-33(2)27-46(44)55(36-19-21-38-39(30-36)50(8,9)24-23-49(38,6)7)47-32-41-40(31-45(47)54)51(10,11)25-26-52(41,12)13/h16-22,27-32H,23-26H2,1-15H3/b43-16+. The minimum absolute atomic E-state index is 0.0988. The predicted octanol–water partition coefficient (Wildman–Crippen LogP) is 13.2. The van der Waals surface area contributed by atoms with Crippen LogP contribution in [0, 0.1) is 6.92 Å². The van der Waals surface area contributed by atoms with Crippen LogP contribution < -0.4 is 15.8 Å². The molecule has 0 unspecified atom stereocenters. The van der Waals surface area contributed by atoms with Crippen molar-refractivity contribution in [2.24, 2.45) is 0 Å². The Morgan fingerprint density at radius 2 is 1.15 bits per heavy atom. The van der Waals surface area contributed by atoms with Crippen LogP contribution in [0.25, 0.3) is 6.08 Å². The second-order valence-corrected chi connectivity index (χ2v) is 22.0. The van der Waals surface area contributed by atoms with E-state index >= 15 is 0 Å². The van der Waals surface area contributed by atoms with E-state index in [0.717, 1.165) is 0 Å². The fraction of sp³-hybridized carbons (Fsp3) is 0.472. The highest BCUT2D eigenvalue weighted by molar-refractivity contribution is 6.94. The molecule has 0 amide bonds. The lowest BCUT2D eigenvalue weighted by atomic mass is 9.32. The number of aryl methyl sites for hydroxylation is 1. The van der Waals surface area contributed by atoms with Gasteiger partial charge in [0.05, 0.1) is 0 Å².